The Morgan fingerprint density at radius 1 is 1.40 bits per heavy atom. The Bertz CT molecular complexity index is 70.8. The third kappa shape index (κ3) is 5.97. The summed E-state index contributed by atoms with van der Waals surface area (Å²) < 4.78 is 0. The van der Waals surface area contributed by atoms with Gasteiger partial charge < -0.3 is 20.8 Å². The Labute approximate surface area is 61.3 Å². The number of hydrogen-bond acceptors (Lipinski definition) is 4. The summed E-state index contributed by atoms with van der Waals surface area (Å²) in [7, 11) is 1.79. The molecule has 0 aliphatic rings. The van der Waals surface area contributed by atoms with Crippen LogP contribution >= 0.6 is 0 Å². The second-order valence-corrected chi connectivity index (χ2v) is 2.14. The molecule has 4 nitrogen and oxygen atoms in total. The lowest BCUT2D eigenvalue weighted by molar-refractivity contribution is 0.168. The Balaban J connectivity index is 2.97. The minimum atomic E-state index is -0.364. The molecule has 0 saturated carbocycles. The van der Waals surface area contributed by atoms with Crippen molar-refractivity contribution in [1.82, 2.24) is 10.6 Å². The largest absolute Gasteiger partial charge is 0.395 e. The van der Waals surface area contributed by atoms with Crippen LogP contribution < -0.4 is 10.6 Å². The van der Waals surface area contributed by atoms with Crippen LogP contribution in [-0.4, -0.2) is 49.6 Å². The van der Waals surface area contributed by atoms with Crippen molar-refractivity contribution < 1.29 is 10.2 Å². The fourth-order valence-electron chi connectivity index (χ4n) is 0.656. The van der Waals surface area contributed by atoms with Crippen molar-refractivity contribution in [2.75, 3.05) is 33.3 Å². The van der Waals surface area contributed by atoms with Gasteiger partial charge >= 0.3 is 0 Å². The normalized spacial score (nSPS) is 13.5. The number of rotatable bonds is 6. The van der Waals surface area contributed by atoms with Gasteiger partial charge in [0.05, 0.1) is 12.7 Å². The van der Waals surface area contributed by atoms with Crippen molar-refractivity contribution in [3.8, 4) is 0 Å². The minimum Gasteiger partial charge on any atom is -0.395 e. The van der Waals surface area contributed by atoms with Crippen LogP contribution in [0.15, 0.2) is 0 Å². The highest BCUT2D eigenvalue weighted by Gasteiger charge is 1.99. The van der Waals surface area contributed by atoms with Crippen LogP contribution in [0.3, 0.4) is 0 Å². The maximum atomic E-state index is 9.07. The molecule has 10 heavy (non-hydrogen) atoms. The van der Waals surface area contributed by atoms with Crippen LogP contribution in [0.2, 0.25) is 0 Å². The average Bonchev–Trinajstić information content (AvgIpc) is 1.89. The third-order valence-electron chi connectivity index (χ3n) is 1.11. The van der Waals surface area contributed by atoms with Crippen molar-refractivity contribution in [3.05, 3.63) is 0 Å². The van der Waals surface area contributed by atoms with E-state index in [-0.39, 0.29) is 12.7 Å². The molecule has 0 saturated heterocycles. The molecule has 4 heteroatoms. The van der Waals surface area contributed by atoms with Crippen molar-refractivity contribution in [2.45, 2.75) is 6.10 Å². The van der Waals surface area contributed by atoms with Gasteiger partial charge in [-0.3, -0.25) is 0 Å². The summed E-state index contributed by atoms with van der Waals surface area (Å²) in [6, 6.07) is 0. The van der Waals surface area contributed by atoms with Crippen LogP contribution in [0, 0.1) is 0 Å². The maximum absolute atomic E-state index is 9.07. The van der Waals surface area contributed by atoms with Crippen molar-refractivity contribution in [2.24, 2.45) is 0 Å². The zero-order valence-corrected chi connectivity index (χ0v) is 6.30. The molecular weight excluding hydrogens is 132 g/mol. The second kappa shape index (κ2) is 6.95. The molecule has 0 radical (unpaired) electrons. The first-order valence-electron chi connectivity index (χ1n) is 3.45. The lowest BCUT2D eigenvalue weighted by Gasteiger charge is -2.09. The highest BCUT2D eigenvalue weighted by molar-refractivity contribution is 4.60. The summed E-state index contributed by atoms with van der Waals surface area (Å²) in [5.74, 6) is 0. The van der Waals surface area contributed by atoms with Gasteiger partial charge in [-0.2, -0.15) is 0 Å². The van der Waals surface area contributed by atoms with Crippen LogP contribution in [0.25, 0.3) is 0 Å². The molecule has 1 unspecified atom stereocenters. The summed E-state index contributed by atoms with van der Waals surface area (Å²) in [5, 5.41) is 23.1. The van der Waals surface area contributed by atoms with Gasteiger partial charge in [0.1, 0.15) is 0 Å². The van der Waals surface area contributed by atoms with Crippen molar-refractivity contribution in [3.63, 3.8) is 0 Å². The van der Waals surface area contributed by atoms with Gasteiger partial charge in [0.25, 0.3) is 0 Å². The zero-order valence-electron chi connectivity index (χ0n) is 6.30. The third-order valence-corrected chi connectivity index (χ3v) is 1.11. The molecule has 0 rings (SSSR count). The Kier molecular flexibility index (Phi) is 6.84. The van der Waals surface area contributed by atoms with Gasteiger partial charge in [-0.05, 0) is 7.05 Å². The monoisotopic (exact) mass is 148 g/mol. The topological polar surface area (TPSA) is 64.5 Å². The highest BCUT2D eigenvalue weighted by Crippen LogP contribution is 1.74. The van der Waals surface area contributed by atoms with Crippen molar-refractivity contribution >= 4 is 0 Å². The predicted octanol–water partition coefficient (Wildman–Crippen LogP) is -1.85. The van der Waals surface area contributed by atoms with E-state index in [2.05, 4.69) is 10.6 Å². The molecule has 1 atom stereocenters. The number of aliphatic hydroxyl groups is 2. The van der Waals surface area contributed by atoms with E-state index >= 15 is 0 Å². The molecule has 62 valence electrons. The number of hydrogen-bond donors (Lipinski definition) is 4. The molecule has 0 amide bonds. The average molecular weight is 148 g/mol. The van der Waals surface area contributed by atoms with Crippen LogP contribution in [-0.2, 0) is 0 Å². The molecule has 0 aliphatic heterocycles. The maximum Gasteiger partial charge on any atom is 0.0788 e. The SMILES string of the molecule is CNCC(O)CNCCO. The first-order valence-corrected chi connectivity index (χ1v) is 3.45. The molecule has 0 aliphatic carbocycles. The molecule has 0 fully saturated rings. The summed E-state index contributed by atoms with van der Waals surface area (Å²) in [4.78, 5) is 0. The quantitative estimate of drug-likeness (QED) is 0.334. The van der Waals surface area contributed by atoms with E-state index in [4.69, 9.17) is 10.2 Å². The van der Waals surface area contributed by atoms with E-state index in [0.29, 0.717) is 19.6 Å². The molecule has 0 heterocycles. The van der Waals surface area contributed by atoms with Gasteiger partial charge in [-0.1, -0.05) is 0 Å². The van der Waals surface area contributed by atoms with Gasteiger partial charge in [0, 0.05) is 19.6 Å². The van der Waals surface area contributed by atoms with Crippen LogP contribution in [0.1, 0.15) is 0 Å². The fraction of sp³-hybridized carbons (Fsp3) is 1.00. The first-order chi connectivity index (χ1) is 4.81. The molecule has 0 bridgehead atoms. The van der Waals surface area contributed by atoms with Crippen LogP contribution in [0.5, 0.6) is 0 Å². The number of nitrogens with one attached hydrogen (secondary N) is 2. The highest BCUT2D eigenvalue weighted by atomic mass is 16.3. The second-order valence-electron chi connectivity index (χ2n) is 2.14. The zero-order chi connectivity index (χ0) is 7.82. The molecular formula is C6H16N2O2. The van der Waals surface area contributed by atoms with E-state index < -0.39 is 0 Å². The number of likely N-dealkylation sites (N-methyl/N-ethyl adjacent to an activating group) is 1. The summed E-state index contributed by atoms with van der Waals surface area (Å²) in [6.45, 7) is 1.77. The molecule has 0 aromatic heterocycles. The lowest BCUT2D eigenvalue weighted by Crippen LogP contribution is -2.35. The minimum absolute atomic E-state index is 0.117. The fourth-order valence-corrected chi connectivity index (χ4v) is 0.656. The van der Waals surface area contributed by atoms with Gasteiger partial charge in [0.2, 0.25) is 0 Å². The molecule has 4 N–H and O–H groups in total. The van der Waals surface area contributed by atoms with Gasteiger partial charge in [-0.25, -0.2) is 0 Å². The Hall–Kier alpha value is -0.160. The predicted molar refractivity (Wildman–Crippen MR) is 39.9 cm³/mol. The summed E-state index contributed by atoms with van der Waals surface area (Å²) in [6.07, 6.45) is -0.364. The van der Waals surface area contributed by atoms with E-state index in [1.807, 2.05) is 0 Å². The molecule has 0 aromatic rings. The Morgan fingerprint density at radius 3 is 2.60 bits per heavy atom. The Morgan fingerprint density at radius 2 is 2.10 bits per heavy atom. The molecule has 0 aromatic carbocycles. The smallest absolute Gasteiger partial charge is 0.0788 e. The molecule has 0 spiro atoms. The summed E-state index contributed by atoms with van der Waals surface area (Å²) >= 11 is 0. The lowest BCUT2D eigenvalue weighted by atomic mass is 10.3. The van der Waals surface area contributed by atoms with E-state index in [0.717, 1.165) is 0 Å². The van der Waals surface area contributed by atoms with Crippen LogP contribution in [0.4, 0.5) is 0 Å². The van der Waals surface area contributed by atoms with E-state index in [9.17, 15) is 0 Å². The van der Waals surface area contributed by atoms with Gasteiger partial charge in [0.15, 0.2) is 0 Å². The first kappa shape index (κ1) is 9.84. The van der Waals surface area contributed by atoms with E-state index in [1.165, 1.54) is 0 Å². The van der Waals surface area contributed by atoms with Gasteiger partial charge in [-0.15, -0.1) is 0 Å². The number of aliphatic hydroxyl groups excluding tert-OH is 2. The summed E-state index contributed by atoms with van der Waals surface area (Å²) in [5.41, 5.74) is 0. The standard InChI is InChI=1S/C6H16N2O2/c1-7-4-6(10)5-8-2-3-9/h6-10H,2-5H2,1H3. The van der Waals surface area contributed by atoms with Crippen molar-refractivity contribution in [1.29, 1.82) is 0 Å². The van der Waals surface area contributed by atoms with E-state index in [1.54, 1.807) is 7.05 Å².